The number of anilines is 2. The number of benzene rings is 3. The van der Waals surface area contributed by atoms with Crippen molar-refractivity contribution in [3.8, 4) is 11.5 Å². The smallest absolute Gasteiger partial charge is 0.337 e. The van der Waals surface area contributed by atoms with Gasteiger partial charge in [0.1, 0.15) is 11.9 Å². The minimum absolute atomic E-state index is 0.0338. The van der Waals surface area contributed by atoms with Crippen LogP contribution < -0.4 is 25.9 Å². The zero-order valence-corrected chi connectivity index (χ0v) is 22.7. The number of para-hydroxylation sites is 1. The first-order chi connectivity index (χ1) is 18.5. The van der Waals surface area contributed by atoms with Gasteiger partial charge in [0.15, 0.2) is 11.5 Å². The number of carboxylic acid groups (broad SMARTS) is 1. The number of hydrogen-bond donors (Lipinski definition) is 5. The molecule has 10 heteroatoms. The monoisotopic (exact) mass is 533 g/mol. The number of nitrogen functional groups attached to an aromatic ring is 1. The molecular weight excluding hydrogens is 498 g/mol. The minimum atomic E-state index is -1.11. The molecule has 0 spiro atoms. The number of hydrogen-bond acceptors (Lipinski definition) is 7. The molecule has 0 aliphatic carbocycles. The Morgan fingerprint density at radius 2 is 1.74 bits per heavy atom. The van der Waals surface area contributed by atoms with Crippen molar-refractivity contribution in [3.63, 3.8) is 0 Å². The van der Waals surface area contributed by atoms with Gasteiger partial charge in [0.25, 0.3) is 5.91 Å². The van der Waals surface area contributed by atoms with Crippen LogP contribution in [0.1, 0.15) is 53.9 Å². The fourth-order valence-electron chi connectivity index (χ4n) is 3.98. The van der Waals surface area contributed by atoms with Crippen LogP contribution in [0.15, 0.2) is 60.7 Å². The number of rotatable bonds is 12. The second-order valence-electron chi connectivity index (χ2n) is 9.18. The molecule has 0 heterocycles. The summed E-state index contributed by atoms with van der Waals surface area (Å²) in [6.45, 7) is 8.00. The summed E-state index contributed by atoms with van der Waals surface area (Å²) in [5, 5.41) is 21.7. The number of hydrazine groups is 1. The van der Waals surface area contributed by atoms with E-state index in [9.17, 15) is 14.7 Å². The zero-order valence-electron chi connectivity index (χ0n) is 22.7. The fraction of sp³-hybridized carbons (Fsp3) is 0.276. The molecule has 1 atom stereocenters. The van der Waals surface area contributed by atoms with E-state index < -0.39 is 12.0 Å². The highest BCUT2D eigenvalue weighted by Crippen LogP contribution is 2.36. The van der Waals surface area contributed by atoms with Gasteiger partial charge >= 0.3 is 5.97 Å². The predicted molar refractivity (Wildman–Crippen MR) is 152 cm³/mol. The molecule has 0 radical (unpaired) electrons. The maximum absolute atomic E-state index is 13.9. The van der Waals surface area contributed by atoms with E-state index in [0.717, 1.165) is 5.56 Å². The van der Waals surface area contributed by atoms with Crippen molar-refractivity contribution in [1.29, 1.82) is 5.41 Å². The van der Waals surface area contributed by atoms with Crippen molar-refractivity contribution in [2.75, 3.05) is 24.4 Å². The number of carbonyl (C=O) groups is 2. The Bertz CT molecular complexity index is 1340. The zero-order chi connectivity index (χ0) is 28.7. The lowest BCUT2D eigenvalue weighted by Crippen LogP contribution is -2.39. The molecule has 1 unspecified atom stereocenters. The molecule has 3 aromatic carbocycles. The number of aryl methyl sites for hydroxylation is 1. The van der Waals surface area contributed by atoms with Gasteiger partial charge in [-0.3, -0.25) is 20.6 Å². The topological polar surface area (TPSA) is 150 Å². The van der Waals surface area contributed by atoms with Crippen LogP contribution in [0.2, 0.25) is 0 Å². The third-order valence-corrected chi connectivity index (χ3v) is 5.84. The Kier molecular flexibility index (Phi) is 9.38. The van der Waals surface area contributed by atoms with Crippen LogP contribution in [0, 0.1) is 12.3 Å². The molecule has 0 saturated carbocycles. The highest BCUT2D eigenvalue weighted by atomic mass is 16.5. The van der Waals surface area contributed by atoms with E-state index in [2.05, 4.69) is 10.7 Å². The number of ether oxygens (including phenoxy) is 2. The lowest BCUT2D eigenvalue weighted by molar-refractivity contribution is -0.129. The average molecular weight is 534 g/mol. The quantitative estimate of drug-likeness (QED) is 0.127. The molecule has 206 valence electrons. The van der Waals surface area contributed by atoms with Crippen molar-refractivity contribution in [1.82, 2.24) is 5.01 Å². The first kappa shape index (κ1) is 28.8. The van der Waals surface area contributed by atoms with Gasteiger partial charge in [-0.1, -0.05) is 12.1 Å². The molecule has 1 amide bonds. The number of nitrogens with two attached hydrogens (primary N) is 1. The normalized spacial score (nSPS) is 11.4. The Morgan fingerprint density at radius 1 is 1.08 bits per heavy atom. The van der Waals surface area contributed by atoms with E-state index in [1.165, 1.54) is 18.1 Å². The minimum Gasteiger partial charge on any atom is -0.490 e. The molecule has 3 rings (SSSR count). The van der Waals surface area contributed by atoms with Crippen molar-refractivity contribution in [2.45, 2.75) is 39.8 Å². The van der Waals surface area contributed by atoms with Crippen LogP contribution in [-0.4, -0.2) is 47.6 Å². The van der Waals surface area contributed by atoms with Crippen LogP contribution in [0.5, 0.6) is 11.5 Å². The number of carbonyl (C=O) groups excluding carboxylic acids is 1. The third-order valence-electron chi connectivity index (χ3n) is 5.84. The van der Waals surface area contributed by atoms with Crippen LogP contribution in [-0.2, 0) is 4.79 Å². The van der Waals surface area contributed by atoms with E-state index in [4.69, 9.17) is 20.6 Å². The molecule has 0 aliphatic heterocycles. The average Bonchev–Trinajstić information content (AvgIpc) is 2.88. The van der Waals surface area contributed by atoms with Crippen molar-refractivity contribution in [2.24, 2.45) is 5.73 Å². The number of amidine groups is 1. The van der Waals surface area contributed by atoms with Crippen molar-refractivity contribution < 1.29 is 24.2 Å². The lowest BCUT2D eigenvalue weighted by Gasteiger charge is -2.29. The summed E-state index contributed by atoms with van der Waals surface area (Å²) in [7, 11) is 1.53. The highest BCUT2D eigenvalue weighted by Gasteiger charge is 2.28. The van der Waals surface area contributed by atoms with E-state index >= 15 is 0 Å². The van der Waals surface area contributed by atoms with Gasteiger partial charge in [0, 0.05) is 18.3 Å². The summed E-state index contributed by atoms with van der Waals surface area (Å²) in [6, 6.07) is 15.9. The SMILES string of the molecule is CCOc1cc(C(Nc2ccc(C(=N)N)cc2)C(=O)N(C)Nc2ccccc2C(=O)O)c(C)cc1OC(C)C. The summed E-state index contributed by atoms with van der Waals surface area (Å²) >= 11 is 0. The lowest BCUT2D eigenvalue weighted by atomic mass is 9.98. The summed E-state index contributed by atoms with van der Waals surface area (Å²) in [5.41, 5.74) is 11.4. The number of nitrogens with one attached hydrogen (secondary N) is 3. The van der Waals surface area contributed by atoms with Crippen LogP contribution >= 0.6 is 0 Å². The van der Waals surface area contributed by atoms with Gasteiger partial charge in [0.05, 0.1) is 24.0 Å². The predicted octanol–water partition coefficient (Wildman–Crippen LogP) is 4.80. The third kappa shape index (κ3) is 7.19. The Labute approximate surface area is 228 Å². The summed E-state index contributed by atoms with van der Waals surface area (Å²) in [6.07, 6.45) is -0.0746. The van der Waals surface area contributed by atoms with Gasteiger partial charge < -0.3 is 25.6 Å². The van der Waals surface area contributed by atoms with Gasteiger partial charge in [-0.05, 0) is 87.4 Å². The second-order valence-corrected chi connectivity index (χ2v) is 9.18. The molecule has 0 saturated heterocycles. The van der Waals surface area contributed by atoms with Gasteiger partial charge in [-0.15, -0.1) is 0 Å². The largest absolute Gasteiger partial charge is 0.490 e. The molecule has 0 fully saturated rings. The highest BCUT2D eigenvalue weighted by molar-refractivity contribution is 5.96. The first-order valence-corrected chi connectivity index (χ1v) is 12.5. The Morgan fingerprint density at radius 3 is 2.33 bits per heavy atom. The van der Waals surface area contributed by atoms with Crippen molar-refractivity contribution >= 4 is 29.1 Å². The molecule has 3 aromatic rings. The Balaban J connectivity index is 2.05. The van der Waals surface area contributed by atoms with Gasteiger partial charge in [-0.2, -0.15) is 0 Å². The van der Waals surface area contributed by atoms with Crippen molar-refractivity contribution in [3.05, 3.63) is 82.9 Å². The maximum atomic E-state index is 13.9. The van der Waals surface area contributed by atoms with Crippen LogP contribution in [0.4, 0.5) is 11.4 Å². The summed E-state index contributed by atoms with van der Waals surface area (Å²) in [4.78, 5) is 25.6. The number of likely N-dealkylation sites (N-methyl/N-ethyl adjacent to an activating group) is 1. The standard InChI is InChI=1S/C29H35N5O5/c1-6-38-24-16-22(18(4)15-25(24)39-17(2)3)26(32-20-13-11-19(12-14-20)27(30)31)28(35)34(5)33-23-10-8-7-9-21(23)29(36)37/h7-17,26,32-33H,6H2,1-5H3,(H3,30,31)(H,36,37). The molecule has 0 aromatic heterocycles. The van der Waals surface area contributed by atoms with E-state index in [0.29, 0.717) is 34.9 Å². The molecule has 10 nitrogen and oxygen atoms in total. The second kappa shape index (κ2) is 12.7. The number of amides is 1. The number of carboxylic acids is 1. The van der Waals surface area contributed by atoms with E-state index in [1.54, 1.807) is 48.5 Å². The fourth-order valence-corrected chi connectivity index (χ4v) is 3.98. The molecule has 0 aliphatic rings. The van der Waals surface area contributed by atoms with E-state index in [-0.39, 0.29) is 29.1 Å². The summed E-state index contributed by atoms with van der Waals surface area (Å²) in [5.74, 6) is -0.476. The first-order valence-electron chi connectivity index (χ1n) is 12.5. The maximum Gasteiger partial charge on any atom is 0.337 e. The molecule has 39 heavy (non-hydrogen) atoms. The summed E-state index contributed by atoms with van der Waals surface area (Å²) < 4.78 is 11.8. The van der Waals surface area contributed by atoms with Gasteiger partial charge in [0.2, 0.25) is 0 Å². The van der Waals surface area contributed by atoms with Gasteiger partial charge in [-0.25, -0.2) is 4.79 Å². The number of nitrogens with zero attached hydrogens (tertiary/aromatic N) is 1. The van der Waals surface area contributed by atoms with E-state index in [1.807, 2.05) is 33.8 Å². The van der Waals surface area contributed by atoms with Crippen LogP contribution in [0.3, 0.4) is 0 Å². The molecular formula is C29H35N5O5. The number of aromatic carboxylic acids is 1. The molecule has 6 N–H and O–H groups in total. The molecule has 0 bridgehead atoms. The van der Waals surface area contributed by atoms with Crippen LogP contribution in [0.25, 0.3) is 0 Å². The Hall–Kier alpha value is -4.73.